The summed E-state index contributed by atoms with van der Waals surface area (Å²) in [6.45, 7) is 8.87. The van der Waals surface area contributed by atoms with Crippen LogP contribution in [0, 0.1) is 16.7 Å². The SMILES string of the molecule is CC1(C)[C@@H]2CC[C@@]1(C)[C@@H](NCCc1ccc(CSc3cccc4c3CN(C3CCC(=O)NC3=O)C4=O)cc1)C2. The van der Waals surface area contributed by atoms with Gasteiger partial charge in [0.25, 0.3) is 5.91 Å². The molecule has 1 unspecified atom stereocenters. The Labute approximate surface area is 235 Å². The van der Waals surface area contributed by atoms with Crippen LogP contribution in [0.2, 0.25) is 0 Å². The lowest BCUT2D eigenvalue weighted by atomic mass is 9.69. The largest absolute Gasteiger partial charge is 0.322 e. The van der Waals surface area contributed by atoms with Crippen molar-refractivity contribution in [1.29, 1.82) is 0 Å². The van der Waals surface area contributed by atoms with Gasteiger partial charge in [0.1, 0.15) is 6.04 Å². The van der Waals surface area contributed by atoms with E-state index in [4.69, 9.17) is 0 Å². The van der Waals surface area contributed by atoms with Gasteiger partial charge in [-0.05, 0) is 84.2 Å². The number of imide groups is 1. The van der Waals surface area contributed by atoms with Gasteiger partial charge in [0.15, 0.2) is 0 Å². The van der Waals surface area contributed by atoms with Gasteiger partial charge in [0, 0.05) is 35.2 Å². The van der Waals surface area contributed by atoms with E-state index in [-0.39, 0.29) is 24.1 Å². The molecule has 3 fully saturated rings. The van der Waals surface area contributed by atoms with Crippen molar-refractivity contribution in [2.75, 3.05) is 6.54 Å². The number of carbonyl (C=O) groups is 3. The molecule has 4 atom stereocenters. The summed E-state index contributed by atoms with van der Waals surface area (Å²) >= 11 is 1.73. The summed E-state index contributed by atoms with van der Waals surface area (Å²) in [5, 5.41) is 6.28. The zero-order valence-electron chi connectivity index (χ0n) is 23.2. The summed E-state index contributed by atoms with van der Waals surface area (Å²) in [6, 6.07) is 14.8. The van der Waals surface area contributed by atoms with E-state index in [0.717, 1.165) is 35.1 Å². The third-order valence-electron chi connectivity index (χ3n) is 10.6. The van der Waals surface area contributed by atoms with E-state index in [0.29, 0.717) is 35.4 Å². The molecule has 0 aromatic heterocycles. The van der Waals surface area contributed by atoms with E-state index in [1.54, 1.807) is 16.7 Å². The molecule has 3 amide bonds. The Morgan fingerprint density at radius 2 is 1.79 bits per heavy atom. The summed E-state index contributed by atoms with van der Waals surface area (Å²) in [7, 11) is 0. The first kappa shape index (κ1) is 26.6. The summed E-state index contributed by atoms with van der Waals surface area (Å²) in [5.41, 5.74) is 5.12. The summed E-state index contributed by atoms with van der Waals surface area (Å²) in [5.74, 6) is 0.922. The number of hydrogen-bond donors (Lipinski definition) is 2. The summed E-state index contributed by atoms with van der Waals surface area (Å²) in [6.07, 6.45) is 5.75. The Hall–Kier alpha value is -2.64. The van der Waals surface area contributed by atoms with Crippen LogP contribution in [0.1, 0.15) is 79.9 Å². The molecular weight excluding hydrogens is 506 g/mol. The predicted molar refractivity (Wildman–Crippen MR) is 153 cm³/mol. The molecule has 7 heteroatoms. The minimum Gasteiger partial charge on any atom is -0.322 e. The molecule has 1 saturated heterocycles. The van der Waals surface area contributed by atoms with Crippen molar-refractivity contribution in [2.45, 2.75) is 88.6 Å². The van der Waals surface area contributed by atoms with Crippen molar-refractivity contribution in [3.05, 3.63) is 64.7 Å². The number of benzene rings is 2. The average molecular weight is 546 g/mol. The van der Waals surface area contributed by atoms with Gasteiger partial charge >= 0.3 is 0 Å². The van der Waals surface area contributed by atoms with Crippen LogP contribution in [0.4, 0.5) is 0 Å². The van der Waals surface area contributed by atoms with Crippen molar-refractivity contribution < 1.29 is 14.4 Å². The molecule has 0 spiro atoms. The van der Waals surface area contributed by atoms with Crippen LogP contribution in [-0.4, -0.2) is 41.2 Å². The van der Waals surface area contributed by atoms with Gasteiger partial charge in [0.05, 0.1) is 0 Å². The van der Waals surface area contributed by atoms with Gasteiger partial charge in [-0.1, -0.05) is 51.1 Å². The van der Waals surface area contributed by atoms with E-state index >= 15 is 0 Å². The molecule has 2 aliphatic heterocycles. The molecule has 2 heterocycles. The summed E-state index contributed by atoms with van der Waals surface area (Å²) in [4.78, 5) is 39.7. The number of thioether (sulfide) groups is 1. The lowest BCUT2D eigenvalue weighted by Crippen LogP contribution is -2.52. The first-order valence-electron chi connectivity index (χ1n) is 14.4. The molecule has 0 radical (unpaired) electrons. The predicted octanol–water partition coefficient (Wildman–Crippen LogP) is 5.09. The number of fused-ring (bicyclic) bond motifs is 3. The standard InChI is InChI=1S/C32H39N3O3S/c1-31(2)22-13-15-32(31,3)27(17-22)33-16-14-20-7-9-21(10-8-20)19-39-26-6-4-5-23-24(26)18-35(30(23)38)25-11-12-28(36)34-29(25)37/h4-10,22,25,27,33H,11-19H2,1-3H3,(H,34,36,37)/t22-,25?,27+,32+/m1/s1. The Balaban J connectivity index is 1.03. The maximum atomic E-state index is 13.1. The fourth-order valence-corrected chi connectivity index (χ4v) is 8.60. The second-order valence-corrected chi connectivity index (χ2v) is 13.7. The van der Waals surface area contributed by atoms with Crippen molar-refractivity contribution in [1.82, 2.24) is 15.5 Å². The van der Waals surface area contributed by atoms with Gasteiger partial charge < -0.3 is 10.2 Å². The molecule has 206 valence electrons. The highest BCUT2D eigenvalue weighted by atomic mass is 32.2. The quantitative estimate of drug-likeness (QED) is 0.357. The first-order chi connectivity index (χ1) is 18.7. The summed E-state index contributed by atoms with van der Waals surface area (Å²) < 4.78 is 0. The fourth-order valence-electron chi connectivity index (χ4n) is 7.56. The second kappa shape index (κ2) is 10.1. The molecule has 2 aromatic carbocycles. The zero-order chi connectivity index (χ0) is 27.4. The van der Waals surface area contributed by atoms with Crippen molar-refractivity contribution in [3.63, 3.8) is 0 Å². The van der Waals surface area contributed by atoms with E-state index in [2.05, 4.69) is 61.7 Å². The molecule has 39 heavy (non-hydrogen) atoms. The smallest absolute Gasteiger partial charge is 0.255 e. The number of rotatable bonds is 8. The van der Waals surface area contributed by atoms with Gasteiger partial charge in [-0.15, -0.1) is 11.8 Å². The number of amides is 3. The van der Waals surface area contributed by atoms with Gasteiger partial charge in [-0.3, -0.25) is 19.7 Å². The van der Waals surface area contributed by atoms with Crippen molar-refractivity contribution in [3.8, 4) is 0 Å². The minimum absolute atomic E-state index is 0.122. The normalized spacial score (nSPS) is 29.2. The Morgan fingerprint density at radius 3 is 2.49 bits per heavy atom. The van der Waals surface area contributed by atoms with Crippen LogP contribution in [0.5, 0.6) is 0 Å². The average Bonchev–Trinajstić information content (AvgIpc) is 3.43. The van der Waals surface area contributed by atoms with Crippen LogP contribution in [-0.2, 0) is 28.3 Å². The van der Waals surface area contributed by atoms with Gasteiger partial charge in [0.2, 0.25) is 11.8 Å². The van der Waals surface area contributed by atoms with E-state index in [1.807, 2.05) is 12.1 Å². The highest BCUT2D eigenvalue weighted by Crippen LogP contribution is 2.65. The van der Waals surface area contributed by atoms with Crippen molar-refractivity contribution >= 4 is 29.5 Å². The molecular formula is C32H39N3O3S. The van der Waals surface area contributed by atoms with Gasteiger partial charge in [-0.2, -0.15) is 0 Å². The molecule has 2 aliphatic carbocycles. The Kier molecular flexibility index (Phi) is 6.87. The number of nitrogens with zero attached hydrogens (tertiary/aromatic N) is 1. The van der Waals surface area contributed by atoms with Crippen LogP contribution in [0.25, 0.3) is 0 Å². The maximum Gasteiger partial charge on any atom is 0.255 e. The molecule has 2 aromatic rings. The lowest BCUT2D eigenvalue weighted by molar-refractivity contribution is -0.136. The van der Waals surface area contributed by atoms with Crippen LogP contribution in [0.3, 0.4) is 0 Å². The zero-order valence-corrected chi connectivity index (χ0v) is 24.0. The van der Waals surface area contributed by atoms with E-state index in [1.165, 1.54) is 30.4 Å². The molecule has 6 nitrogen and oxygen atoms in total. The monoisotopic (exact) mass is 545 g/mol. The molecule has 4 aliphatic rings. The highest BCUT2D eigenvalue weighted by Gasteiger charge is 2.60. The van der Waals surface area contributed by atoms with E-state index < -0.39 is 6.04 Å². The lowest BCUT2D eigenvalue weighted by Gasteiger charge is -2.39. The number of nitrogens with one attached hydrogen (secondary N) is 2. The fraction of sp³-hybridized carbons (Fsp3) is 0.531. The first-order valence-corrected chi connectivity index (χ1v) is 15.4. The third-order valence-corrected chi connectivity index (χ3v) is 11.7. The minimum atomic E-state index is -0.583. The molecule has 2 bridgehead atoms. The Morgan fingerprint density at radius 1 is 1.03 bits per heavy atom. The Bertz CT molecular complexity index is 1310. The van der Waals surface area contributed by atoms with Crippen LogP contribution in [0.15, 0.2) is 47.4 Å². The maximum absolute atomic E-state index is 13.1. The van der Waals surface area contributed by atoms with Crippen LogP contribution >= 0.6 is 11.8 Å². The van der Waals surface area contributed by atoms with E-state index in [9.17, 15) is 14.4 Å². The molecule has 2 N–H and O–H groups in total. The molecule has 2 saturated carbocycles. The topological polar surface area (TPSA) is 78.5 Å². The number of carbonyl (C=O) groups excluding carboxylic acids is 3. The van der Waals surface area contributed by atoms with Crippen LogP contribution < -0.4 is 10.6 Å². The number of piperidine rings is 1. The van der Waals surface area contributed by atoms with Gasteiger partial charge in [-0.25, -0.2) is 0 Å². The third kappa shape index (κ3) is 4.61. The second-order valence-electron chi connectivity index (χ2n) is 12.7. The number of hydrogen-bond acceptors (Lipinski definition) is 5. The van der Waals surface area contributed by atoms with Crippen molar-refractivity contribution in [2.24, 2.45) is 16.7 Å². The molecule has 6 rings (SSSR count). The highest BCUT2D eigenvalue weighted by molar-refractivity contribution is 7.98.